The highest BCUT2D eigenvalue weighted by Crippen LogP contribution is 2.42. The fraction of sp³-hybridized carbons (Fsp3) is 0.379. The molecule has 1 aliphatic rings. The average Bonchev–Trinajstić information content (AvgIpc) is 2.83. The second-order valence-corrected chi connectivity index (χ2v) is 9.67. The second kappa shape index (κ2) is 10.9. The van der Waals surface area contributed by atoms with Crippen LogP contribution in [0.5, 0.6) is 5.75 Å². The van der Waals surface area contributed by atoms with Crippen molar-refractivity contribution in [2.75, 3.05) is 0 Å². The summed E-state index contributed by atoms with van der Waals surface area (Å²) in [6, 6.07) is 9.10. The van der Waals surface area contributed by atoms with E-state index in [2.05, 4.69) is 6.92 Å². The maximum absolute atomic E-state index is 15.1. The first-order valence-electron chi connectivity index (χ1n) is 12.4. The minimum atomic E-state index is -5.28. The first-order valence-corrected chi connectivity index (χ1v) is 12.4. The maximum Gasteiger partial charge on any atom is 0.429 e. The normalized spacial score (nSPS) is 18.4. The van der Waals surface area contributed by atoms with E-state index < -0.39 is 52.2 Å². The molecule has 1 nitrogen and oxygen atoms in total. The molecule has 1 fully saturated rings. The predicted molar refractivity (Wildman–Crippen MR) is 127 cm³/mol. The van der Waals surface area contributed by atoms with E-state index in [9.17, 15) is 26.3 Å². The van der Waals surface area contributed by atoms with Gasteiger partial charge < -0.3 is 4.74 Å². The third-order valence-electron chi connectivity index (χ3n) is 7.08. The maximum atomic E-state index is 15.1. The molecule has 0 saturated heterocycles. The Labute approximate surface area is 215 Å². The first-order chi connectivity index (χ1) is 17.9. The lowest BCUT2D eigenvalue weighted by molar-refractivity contribution is -0.187. The number of benzene rings is 3. The molecule has 1 saturated carbocycles. The molecule has 0 N–H and O–H groups in total. The number of para-hydroxylation sites is 1. The van der Waals surface area contributed by atoms with Crippen molar-refractivity contribution in [1.82, 2.24) is 0 Å². The molecule has 0 bridgehead atoms. The van der Waals surface area contributed by atoms with Crippen LogP contribution < -0.4 is 4.74 Å². The molecule has 0 amide bonds. The summed E-state index contributed by atoms with van der Waals surface area (Å²) >= 11 is 0. The zero-order chi connectivity index (χ0) is 27.7. The number of rotatable bonds is 7. The molecule has 38 heavy (non-hydrogen) atoms. The third kappa shape index (κ3) is 5.97. The van der Waals surface area contributed by atoms with Crippen LogP contribution in [-0.2, 0) is 12.3 Å². The van der Waals surface area contributed by atoms with Gasteiger partial charge in [-0.1, -0.05) is 44.0 Å². The Morgan fingerprint density at radius 3 is 2.00 bits per heavy atom. The number of ether oxygens (including phenoxy) is 1. The van der Waals surface area contributed by atoms with E-state index in [0.717, 1.165) is 62.8 Å². The van der Waals surface area contributed by atoms with Gasteiger partial charge in [0.2, 0.25) is 0 Å². The molecular formula is C29H26F8O. The van der Waals surface area contributed by atoms with Crippen LogP contribution in [0.3, 0.4) is 0 Å². The van der Waals surface area contributed by atoms with E-state index in [-0.39, 0.29) is 11.5 Å². The third-order valence-corrected chi connectivity index (χ3v) is 7.08. The minimum Gasteiger partial charge on any atom is -0.428 e. The summed E-state index contributed by atoms with van der Waals surface area (Å²) in [5.41, 5.74) is -3.23. The van der Waals surface area contributed by atoms with Gasteiger partial charge in [0.1, 0.15) is 28.8 Å². The molecule has 0 atom stereocenters. The molecule has 4 rings (SSSR count). The van der Waals surface area contributed by atoms with E-state index in [0.29, 0.717) is 23.6 Å². The lowest BCUT2D eigenvalue weighted by Crippen LogP contribution is -2.24. The standard InChI is InChI=1S/C29H26F8O/c1-2-5-17-8-10-18(11-9-17)19-12-13-22(23(30)14-19)29(36,37)38-26-7-4-3-6-21(26)20-15-24(31)27(25(32)16-20)28(33,34)35/h3-4,6-7,12-18H,2,5,8-11H2,1H3. The van der Waals surface area contributed by atoms with E-state index >= 15 is 8.78 Å². The van der Waals surface area contributed by atoms with E-state index in [1.807, 2.05) is 0 Å². The van der Waals surface area contributed by atoms with Gasteiger partial charge in [-0.3, -0.25) is 0 Å². The molecule has 0 unspecified atom stereocenters. The van der Waals surface area contributed by atoms with Gasteiger partial charge in [-0.2, -0.15) is 22.0 Å². The Bertz CT molecular complexity index is 1250. The monoisotopic (exact) mass is 542 g/mol. The van der Waals surface area contributed by atoms with Gasteiger partial charge in [0, 0.05) is 5.56 Å². The van der Waals surface area contributed by atoms with Crippen molar-refractivity contribution in [3.05, 3.63) is 88.7 Å². The summed E-state index contributed by atoms with van der Waals surface area (Å²) < 4.78 is 117. The van der Waals surface area contributed by atoms with Gasteiger partial charge >= 0.3 is 12.3 Å². The molecule has 0 aliphatic heterocycles. The van der Waals surface area contributed by atoms with Crippen molar-refractivity contribution >= 4 is 0 Å². The van der Waals surface area contributed by atoms with Crippen LogP contribution in [0.25, 0.3) is 11.1 Å². The van der Waals surface area contributed by atoms with Crippen molar-refractivity contribution in [1.29, 1.82) is 0 Å². The Hall–Kier alpha value is -3.10. The van der Waals surface area contributed by atoms with Crippen LogP contribution in [-0.4, -0.2) is 0 Å². The van der Waals surface area contributed by atoms with Crippen LogP contribution in [0, 0.1) is 23.4 Å². The van der Waals surface area contributed by atoms with Crippen molar-refractivity contribution in [2.45, 2.75) is 63.7 Å². The Morgan fingerprint density at radius 2 is 1.42 bits per heavy atom. The van der Waals surface area contributed by atoms with E-state index in [1.54, 1.807) is 0 Å². The fourth-order valence-electron chi connectivity index (χ4n) is 5.20. The zero-order valence-corrected chi connectivity index (χ0v) is 20.5. The molecule has 204 valence electrons. The van der Waals surface area contributed by atoms with Gasteiger partial charge in [0.05, 0.1) is 5.56 Å². The summed E-state index contributed by atoms with van der Waals surface area (Å²) in [5.74, 6) is -4.85. The van der Waals surface area contributed by atoms with Gasteiger partial charge in [0.15, 0.2) is 0 Å². The summed E-state index contributed by atoms with van der Waals surface area (Å²) in [4.78, 5) is 0. The number of alkyl halides is 5. The Morgan fingerprint density at radius 1 is 0.789 bits per heavy atom. The molecule has 3 aromatic rings. The molecule has 0 heterocycles. The second-order valence-electron chi connectivity index (χ2n) is 9.67. The van der Waals surface area contributed by atoms with Crippen molar-refractivity contribution < 1.29 is 39.9 Å². The highest BCUT2D eigenvalue weighted by molar-refractivity contribution is 5.71. The number of hydrogen-bond acceptors (Lipinski definition) is 1. The SMILES string of the molecule is CCCC1CCC(c2ccc(C(F)(F)Oc3ccccc3-c3cc(F)c(C(F)(F)F)c(F)c3)c(F)c2)CC1. The van der Waals surface area contributed by atoms with Crippen molar-refractivity contribution in [3.63, 3.8) is 0 Å². The molecular weight excluding hydrogens is 516 g/mol. The summed E-state index contributed by atoms with van der Waals surface area (Å²) in [5, 5.41) is 0. The minimum absolute atomic E-state index is 0.0754. The van der Waals surface area contributed by atoms with Crippen LogP contribution in [0.15, 0.2) is 54.6 Å². The highest BCUT2D eigenvalue weighted by Gasteiger charge is 2.40. The average molecular weight is 543 g/mol. The van der Waals surface area contributed by atoms with Crippen LogP contribution in [0.2, 0.25) is 0 Å². The van der Waals surface area contributed by atoms with Gasteiger partial charge in [-0.25, -0.2) is 13.2 Å². The molecule has 0 spiro atoms. The predicted octanol–water partition coefficient (Wildman–Crippen LogP) is 9.99. The molecule has 1 aliphatic carbocycles. The highest BCUT2D eigenvalue weighted by atomic mass is 19.4. The largest absolute Gasteiger partial charge is 0.429 e. The quantitative estimate of drug-likeness (QED) is 0.270. The number of hydrogen-bond donors (Lipinski definition) is 0. The summed E-state index contributed by atoms with van der Waals surface area (Å²) in [7, 11) is 0. The summed E-state index contributed by atoms with van der Waals surface area (Å²) in [6.45, 7) is 2.13. The zero-order valence-electron chi connectivity index (χ0n) is 20.5. The Balaban J connectivity index is 1.59. The molecule has 0 radical (unpaired) electrons. The molecule has 0 aromatic heterocycles. The smallest absolute Gasteiger partial charge is 0.428 e. The van der Waals surface area contributed by atoms with Gasteiger partial charge in [0.25, 0.3) is 0 Å². The summed E-state index contributed by atoms with van der Waals surface area (Å²) in [6.07, 6.45) is -3.52. The first kappa shape index (κ1) is 27.9. The van der Waals surface area contributed by atoms with Crippen LogP contribution in [0.1, 0.15) is 68.1 Å². The van der Waals surface area contributed by atoms with Crippen LogP contribution >= 0.6 is 0 Å². The number of halogens is 8. The van der Waals surface area contributed by atoms with Crippen LogP contribution in [0.4, 0.5) is 35.1 Å². The molecule has 9 heteroatoms. The van der Waals surface area contributed by atoms with E-state index in [1.165, 1.54) is 18.2 Å². The van der Waals surface area contributed by atoms with Gasteiger partial charge in [-0.15, -0.1) is 0 Å². The topological polar surface area (TPSA) is 9.23 Å². The fourth-order valence-corrected chi connectivity index (χ4v) is 5.20. The lowest BCUT2D eigenvalue weighted by atomic mass is 9.77. The lowest BCUT2D eigenvalue weighted by Gasteiger charge is -2.29. The van der Waals surface area contributed by atoms with E-state index in [4.69, 9.17) is 4.74 Å². The Kier molecular flexibility index (Phi) is 8.04. The van der Waals surface area contributed by atoms with Crippen molar-refractivity contribution in [2.24, 2.45) is 5.92 Å². The molecule has 3 aromatic carbocycles. The van der Waals surface area contributed by atoms with Crippen molar-refractivity contribution in [3.8, 4) is 16.9 Å². The van der Waals surface area contributed by atoms with Gasteiger partial charge in [-0.05, 0) is 79.0 Å².